The van der Waals surface area contributed by atoms with Gasteiger partial charge in [0.1, 0.15) is 5.82 Å². The Morgan fingerprint density at radius 3 is 2.74 bits per heavy atom. The fraction of sp³-hybridized carbons (Fsp3) is 0.538. The number of hydrogen-bond donors (Lipinski definition) is 1. The Kier molecular flexibility index (Phi) is 4.83. The monoisotopic (exact) mass is 260 g/mol. The van der Waals surface area contributed by atoms with Gasteiger partial charge in [-0.1, -0.05) is 20.3 Å². The van der Waals surface area contributed by atoms with Gasteiger partial charge in [0, 0.05) is 25.4 Å². The summed E-state index contributed by atoms with van der Waals surface area (Å²) in [6.07, 6.45) is 7.66. The summed E-state index contributed by atoms with van der Waals surface area (Å²) in [4.78, 5) is 13.3. The van der Waals surface area contributed by atoms with E-state index in [2.05, 4.69) is 39.2 Å². The molecule has 102 valence electrons. The predicted molar refractivity (Wildman–Crippen MR) is 74.3 cm³/mol. The molecule has 0 unspecified atom stereocenters. The summed E-state index contributed by atoms with van der Waals surface area (Å²) < 4.78 is 1.66. The Balaban J connectivity index is 2.25. The number of aryl methyl sites for hydroxylation is 1. The maximum absolute atomic E-state index is 4.46. The molecule has 2 rings (SSSR count). The predicted octanol–water partition coefficient (Wildman–Crippen LogP) is 2.22. The molecular weight excluding hydrogens is 240 g/mol. The second kappa shape index (κ2) is 6.82. The van der Waals surface area contributed by atoms with E-state index in [9.17, 15) is 0 Å². The van der Waals surface area contributed by atoms with Crippen LogP contribution >= 0.6 is 0 Å². The van der Waals surface area contributed by atoms with Crippen LogP contribution < -0.4 is 5.32 Å². The first kappa shape index (κ1) is 13.5. The lowest BCUT2D eigenvalue weighted by Gasteiger charge is -2.08. The van der Waals surface area contributed by atoms with Crippen molar-refractivity contribution in [2.75, 3.05) is 11.9 Å². The van der Waals surface area contributed by atoms with Crippen molar-refractivity contribution in [1.29, 1.82) is 0 Å². The van der Waals surface area contributed by atoms with Crippen LogP contribution in [0.25, 0.3) is 5.95 Å². The Labute approximate surface area is 113 Å². The zero-order valence-corrected chi connectivity index (χ0v) is 11.5. The smallest absolute Gasteiger partial charge is 0.255 e. The average molecular weight is 260 g/mol. The molecule has 2 aromatic rings. The number of nitrogens with zero attached hydrogens (tertiary/aromatic N) is 5. The van der Waals surface area contributed by atoms with Crippen LogP contribution in [0.2, 0.25) is 0 Å². The fourth-order valence-electron chi connectivity index (χ4n) is 1.66. The number of rotatable bonds is 7. The van der Waals surface area contributed by atoms with Crippen LogP contribution in [0.3, 0.4) is 0 Å². The number of nitrogens with one attached hydrogen (secondary N) is 1. The molecule has 0 fully saturated rings. The van der Waals surface area contributed by atoms with Gasteiger partial charge in [-0.25, -0.2) is 4.68 Å². The van der Waals surface area contributed by atoms with E-state index >= 15 is 0 Å². The van der Waals surface area contributed by atoms with Crippen molar-refractivity contribution in [3.8, 4) is 5.95 Å². The van der Waals surface area contributed by atoms with E-state index in [1.54, 1.807) is 10.9 Å². The van der Waals surface area contributed by atoms with Gasteiger partial charge in [0.05, 0.1) is 0 Å². The molecule has 0 saturated carbocycles. The first-order valence-corrected chi connectivity index (χ1v) is 6.82. The first-order chi connectivity index (χ1) is 9.33. The zero-order chi connectivity index (χ0) is 13.5. The fourth-order valence-corrected chi connectivity index (χ4v) is 1.66. The van der Waals surface area contributed by atoms with Crippen LogP contribution in [0.5, 0.6) is 0 Å². The van der Waals surface area contributed by atoms with Crippen molar-refractivity contribution < 1.29 is 0 Å². The second-order valence-electron chi connectivity index (χ2n) is 4.36. The molecule has 0 bridgehead atoms. The van der Waals surface area contributed by atoms with E-state index < -0.39 is 0 Å². The molecule has 19 heavy (non-hydrogen) atoms. The summed E-state index contributed by atoms with van der Waals surface area (Å²) in [7, 11) is 0. The molecule has 0 aliphatic carbocycles. The minimum atomic E-state index is 0.574. The summed E-state index contributed by atoms with van der Waals surface area (Å²) in [6.45, 7) is 5.13. The zero-order valence-electron chi connectivity index (χ0n) is 11.5. The maximum Gasteiger partial charge on any atom is 0.255 e. The molecule has 0 saturated heterocycles. The SMILES string of the molecule is CCCCc1nc(NCCC)nc(-n2cccn2)n1. The van der Waals surface area contributed by atoms with Gasteiger partial charge in [0.2, 0.25) is 5.95 Å². The normalized spacial score (nSPS) is 10.6. The Morgan fingerprint density at radius 2 is 2.05 bits per heavy atom. The molecule has 0 aromatic carbocycles. The van der Waals surface area contributed by atoms with Crippen LogP contribution in [0.1, 0.15) is 38.9 Å². The Hall–Kier alpha value is -1.98. The first-order valence-electron chi connectivity index (χ1n) is 6.82. The quantitative estimate of drug-likeness (QED) is 0.826. The van der Waals surface area contributed by atoms with Gasteiger partial charge in [0.15, 0.2) is 0 Å². The van der Waals surface area contributed by atoms with Gasteiger partial charge in [-0.05, 0) is 18.9 Å². The van der Waals surface area contributed by atoms with Crippen molar-refractivity contribution >= 4 is 5.95 Å². The van der Waals surface area contributed by atoms with E-state index in [4.69, 9.17) is 0 Å². The molecule has 0 atom stereocenters. The lowest BCUT2D eigenvalue weighted by atomic mass is 10.2. The molecule has 6 heteroatoms. The van der Waals surface area contributed by atoms with E-state index in [1.807, 2.05) is 12.3 Å². The maximum atomic E-state index is 4.46. The molecule has 0 spiro atoms. The second-order valence-corrected chi connectivity index (χ2v) is 4.36. The standard InChI is InChI=1S/C13H20N6/c1-3-5-7-11-16-12(14-8-4-2)18-13(17-11)19-10-6-9-15-19/h6,9-10H,3-5,7-8H2,1-2H3,(H,14,16,17,18). The summed E-state index contributed by atoms with van der Waals surface area (Å²) in [5, 5.41) is 7.38. The summed E-state index contributed by atoms with van der Waals surface area (Å²) >= 11 is 0. The third-order valence-electron chi connectivity index (χ3n) is 2.67. The largest absolute Gasteiger partial charge is 0.354 e. The lowest BCUT2D eigenvalue weighted by molar-refractivity contribution is 0.717. The van der Waals surface area contributed by atoms with Crippen LogP contribution in [0.15, 0.2) is 18.5 Å². The Morgan fingerprint density at radius 1 is 1.16 bits per heavy atom. The van der Waals surface area contributed by atoms with E-state index in [-0.39, 0.29) is 0 Å². The molecule has 6 nitrogen and oxygen atoms in total. The molecule has 2 aromatic heterocycles. The highest BCUT2D eigenvalue weighted by molar-refractivity contribution is 5.28. The molecule has 2 heterocycles. The van der Waals surface area contributed by atoms with Crippen LogP contribution in [0.4, 0.5) is 5.95 Å². The van der Waals surface area contributed by atoms with E-state index in [1.165, 1.54) is 0 Å². The van der Waals surface area contributed by atoms with Crippen LogP contribution in [-0.2, 0) is 6.42 Å². The minimum Gasteiger partial charge on any atom is -0.354 e. The van der Waals surface area contributed by atoms with Crippen molar-refractivity contribution in [2.45, 2.75) is 39.5 Å². The van der Waals surface area contributed by atoms with Gasteiger partial charge >= 0.3 is 0 Å². The van der Waals surface area contributed by atoms with Gasteiger partial charge in [-0.2, -0.15) is 20.1 Å². The van der Waals surface area contributed by atoms with Crippen molar-refractivity contribution in [1.82, 2.24) is 24.7 Å². The van der Waals surface area contributed by atoms with Gasteiger partial charge < -0.3 is 5.32 Å². The number of unbranched alkanes of at least 4 members (excludes halogenated alkanes) is 1. The van der Waals surface area contributed by atoms with Crippen molar-refractivity contribution in [2.24, 2.45) is 0 Å². The van der Waals surface area contributed by atoms with Gasteiger partial charge in [-0.3, -0.25) is 0 Å². The Bertz CT molecular complexity index is 468. The van der Waals surface area contributed by atoms with Gasteiger partial charge in [0.25, 0.3) is 5.95 Å². The molecule has 0 amide bonds. The summed E-state index contributed by atoms with van der Waals surface area (Å²) in [5.41, 5.74) is 0. The molecule has 0 aliphatic heterocycles. The number of aromatic nitrogens is 5. The van der Waals surface area contributed by atoms with Crippen LogP contribution in [-0.4, -0.2) is 31.3 Å². The third-order valence-corrected chi connectivity index (χ3v) is 2.67. The topological polar surface area (TPSA) is 68.5 Å². The van der Waals surface area contributed by atoms with Crippen molar-refractivity contribution in [3.05, 3.63) is 24.3 Å². The van der Waals surface area contributed by atoms with E-state index in [0.29, 0.717) is 11.9 Å². The highest BCUT2D eigenvalue weighted by atomic mass is 15.4. The third kappa shape index (κ3) is 3.74. The minimum absolute atomic E-state index is 0.574. The summed E-state index contributed by atoms with van der Waals surface area (Å²) in [5.74, 6) is 2.03. The highest BCUT2D eigenvalue weighted by Crippen LogP contribution is 2.07. The van der Waals surface area contributed by atoms with Crippen molar-refractivity contribution in [3.63, 3.8) is 0 Å². The van der Waals surface area contributed by atoms with E-state index in [0.717, 1.165) is 38.1 Å². The summed E-state index contributed by atoms with van der Waals surface area (Å²) in [6, 6.07) is 1.86. The lowest BCUT2D eigenvalue weighted by Crippen LogP contribution is -2.12. The molecule has 0 radical (unpaired) electrons. The molecular formula is C13H20N6. The van der Waals surface area contributed by atoms with Crippen LogP contribution in [0, 0.1) is 0 Å². The van der Waals surface area contributed by atoms with Gasteiger partial charge in [-0.15, -0.1) is 0 Å². The molecule has 0 aliphatic rings. The number of anilines is 1. The number of hydrogen-bond acceptors (Lipinski definition) is 5. The highest BCUT2D eigenvalue weighted by Gasteiger charge is 2.07. The molecule has 1 N–H and O–H groups in total. The average Bonchev–Trinajstić information content (AvgIpc) is 2.97.